The Kier molecular flexibility index (Phi) is 7.42. The predicted octanol–water partition coefficient (Wildman–Crippen LogP) is 12.0. The molecule has 1 atom stereocenters. The number of hydrogen-bond acceptors (Lipinski definition) is 4. The topological polar surface area (TPSA) is 46.5 Å². The third kappa shape index (κ3) is 5.07. The number of hydrogen-bond donors (Lipinski definition) is 1. The molecule has 0 saturated carbocycles. The van der Waals surface area contributed by atoms with E-state index < -0.39 is 5.41 Å². The van der Waals surface area contributed by atoms with Crippen LogP contribution in [0, 0.1) is 0 Å². The van der Waals surface area contributed by atoms with Gasteiger partial charge in [0.1, 0.15) is 17.7 Å². The third-order valence-corrected chi connectivity index (χ3v) is 11.4. The molecule has 2 aliphatic heterocycles. The van der Waals surface area contributed by atoms with Crippen molar-refractivity contribution in [2.75, 3.05) is 0 Å². The lowest BCUT2D eigenvalue weighted by Gasteiger charge is -2.39. The van der Waals surface area contributed by atoms with E-state index in [1.54, 1.807) is 0 Å². The first-order chi connectivity index (χ1) is 27.7. The van der Waals surface area contributed by atoms with Gasteiger partial charge in [0.05, 0.1) is 16.8 Å². The van der Waals surface area contributed by atoms with E-state index in [1.807, 2.05) is 18.3 Å². The van der Waals surface area contributed by atoms with Crippen LogP contribution in [0.1, 0.15) is 45.1 Å². The van der Waals surface area contributed by atoms with E-state index in [0.29, 0.717) is 0 Å². The van der Waals surface area contributed by atoms with Gasteiger partial charge in [0, 0.05) is 28.6 Å². The lowest BCUT2D eigenvalue weighted by atomic mass is 9.66. The first-order valence-electron chi connectivity index (χ1n) is 19.1. The van der Waals surface area contributed by atoms with Gasteiger partial charge in [-0.3, -0.25) is 9.98 Å². The van der Waals surface area contributed by atoms with E-state index >= 15 is 0 Å². The van der Waals surface area contributed by atoms with Crippen molar-refractivity contribution in [2.24, 2.45) is 4.99 Å². The maximum atomic E-state index is 6.54. The van der Waals surface area contributed by atoms with Crippen molar-refractivity contribution in [1.82, 2.24) is 10.3 Å². The maximum absolute atomic E-state index is 6.54. The average Bonchev–Trinajstić information content (AvgIpc) is 3.57. The second-order valence-electron chi connectivity index (χ2n) is 14.6. The van der Waals surface area contributed by atoms with Crippen molar-refractivity contribution in [3.63, 3.8) is 0 Å². The highest BCUT2D eigenvalue weighted by atomic mass is 16.5. The van der Waals surface area contributed by atoms with E-state index in [9.17, 15) is 0 Å². The van der Waals surface area contributed by atoms with Crippen molar-refractivity contribution < 1.29 is 4.74 Å². The summed E-state index contributed by atoms with van der Waals surface area (Å²) in [4.78, 5) is 10.2. The molecule has 1 unspecified atom stereocenters. The Bertz CT molecular complexity index is 2810. The van der Waals surface area contributed by atoms with Crippen LogP contribution >= 0.6 is 0 Å². The van der Waals surface area contributed by atoms with Gasteiger partial charge in [0.2, 0.25) is 0 Å². The molecule has 4 nitrogen and oxygen atoms in total. The second-order valence-corrected chi connectivity index (χ2v) is 14.6. The fourth-order valence-electron chi connectivity index (χ4n) is 8.86. The zero-order chi connectivity index (χ0) is 37.1. The molecule has 1 N–H and O–H groups in total. The lowest BCUT2D eigenvalue weighted by molar-refractivity contribution is 0.436. The second kappa shape index (κ2) is 12.9. The monoisotopic (exact) mass is 717 g/mol. The SMILES string of the molecule is C1=C(c2ccccc2)NC(c2ccc(-c3cccc(-c4ccc5c(c4)C4(c6ccccc6Oc6ccccc64)c4cccnc4-5)c3)cc2)N=C1c1ccccc1. The van der Waals surface area contributed by atoms with E-state index in [2.05, 4.69) is 187 Å². The summed E-state index contributed by atoms with van der Waals surface area (Å²) >= 11 is 0. The van der Waals surface area contributed by atoms with Gasteiger partial charge in [-0.2, -0.15) is 0 Å². The number of aromatic nitrogens is 1. The molecular formula is C52H35N3O. The maximum Gasteiger partial charge on any atom is 0.145 e. The summed E-state index contributed by atoms with van der Waals surface area (Å²) in [7, 11) is 0. The summed E-state index contributed by atoms with van der Waals surface area (Å²) in [6.45, 7) is 0. The summed E-state index contributed by atoms with van der Waals surface area (Å²) in [5, 5.41) is 3.70. The van der Waals surface area contributed by atoms with Gasteiger partial charge in [-0.25, -0.2) is 0 Å². The van der Waals surface area contributed by atoms with E-state index in [4.69, 9.17) is 14.7 Å². The zero-order valence-corrected chi connectivity index (χ0v) is 30.4. The number of benzene rings is 7. The van der Waals surface area contributed by atoms with Gasteiger partial charge in [-0.05, 0) is 86.5 Å². The minimum Gasteiger partial charge on any atom is -0.457 e. The molecule has 8 aromatic rings. The molecule has 11 rings (SSSR count). The molecule has 0 fully saturated rings. The van der Waals surface area contributed by atoms with Gasteiger partial charge in [-0.15, -0.1) is 0 Å². The van der Waals surface area contributed by atoms with Crippen molar-refractivity contribution >= 4 is 11.4 Å². The Morgan fingerprint density at radius 2 is 1.05 bits per heavy atom. The molecule has 0 bridgehead atoms. The van der Waals surface area contributed by atoms with Gasteiger partial charge < -0.3 is 10.1 Å². The minimum atomic E-state index is -0.556. The van der Waals surface area contributed by atoms with Gasteiger partial charge in [-0.1, -0.05) is 158 Å². The summed E-state index contributed by atoms with van der Waals surface area (Å²) in [5.41, 5.74) is 16.3. The number of allylic oxidation sites excluding steroid dienone is 1. The quantitative estimate of drug-likeness (QED) is 0.193. The standard InChI is InChI=1S/C52H35N3O/c1-3-13-35(14-4-1)46-33-47(36-15-5-2-6-16-36)55-51(54-46)37-26-24-34(25-27-37)38-17-11-18-39(31-38)40-28-29-41-45(32-40)52(44-21-12-30-53-50(41)44)42-19-7-9-22-48(42)56-49-23-10-8-20-43(49)52/h1-33,51,54H. The summed E-state index contributed by atoms with van der Waals surface area (Å²) < 4.78 is 6.54. The molecular weight excluding hydrogens is 683 g/mol. The molecule has 1 aliphatic carbocycles. The van der Waals surface area contributed by atoms with Crippen LogP contribution in [0.4, 0.5) is 0 Å². The summed E-state index contributed by atoms with van der Waals surface area (Å²) in [5.74, 6) is 1.75. The highest BCUT2D eigenvalue weighted by Gasteiger charge is 2.51. The van der Waals surface area contributed by atoms with E-state index in [1.165, 1.54) is 11.1 Å². The normalized spacial score (nSPS) is 15.6. The summed E-state index contributed by atoms with van der Waals surface area (Å²) in [6.07, 6.45) is 3.83. The molecule has 7 aromatic carbocycles. The van der Waals surface area contributed by atoms with Crippen molar-refractivity contribution in [3.8, 4) is 45.0 Å². The lowest BCUT2D eigenvalue weighted by Crippen LogP contribution is -2.32. The van der Waals surface area contributed by atoms with Crippen molar-refractivity contribution in [2.45, 2.75) is 11.6 Å². The first-order valence-corrected chi connectivity index (χ1v) is 19.1. The number of para-hydroxylation sites is 2. The molecule has 3 aliphatic rings. The Labute approximate surface area is 326 Å². The zero-order valence-electron chi connectivity index (χ0n) is 30.4. The molecule has 4 heteroatoms. The number of ether oxygens (including phenoxy) is 1. The van der Waals surface area contributed by atoms with Gasteiger partial charge in [0.25, 0.3) is 0 Å². The molecule has 3 heterocycles. The van der Waals surface area contributed by atoms with Crippen LogP contribution in [0.5, 0.6) is 11.5 Å². The predicted molar refractivity (Wildman–Crippen MR) is 226 cm³/mol. The Morgan fingerprint density at radius 1 is 0.464 bits per heavy atom. The summed E-state index contributed by atoms with van der Waals surface area (Å²) in [6, 6.07) is 66.6. The number of fused-ring (bicyclic) bond motifs is 9. The van der Waals surface area contributed by atoms with Gasteiger partial charge in [0.15, 0.2) is 0 Å². The molecule has 1 aromatic heterocycles. The van der Waals surface area contributed by atoms with Crippen LogP contribution in [-0.4, -0.2) is 10.7 Å². The Hall–Kier alpha value is -7.30. The highest BCUT2D eigenvalue weighted by molar-refractivity contribution is 6.13. The number of pyridine rings is 1. The fourth-order valence-corrected chi connectivity index (χ4v) is 8.86. The molecule has 0 amide bonds. The Morgan fingerprint density at radius 3 is 1.79 bits per heavy atom. The smallest absolute Gasteiger partial charge is 0.145 e. The van der Waals surface area contributed by atoms with Crippen LogP contribution in [0.15, 0.2) is 205 Å². The van der Waals surface area contributed by atoms with Crippen molar-refractivity contribution in [1.29, 1.82) is 0 Å². The van der Waals surface area contributed by atoms with Crippen LogP contribution in [-0.2, 0) is 5.41 Å². The van der Waals surface area contributed by atoms with Crippen LogP contribution in [0.2, 0.25) is 0 Å². The largest absolute Gasteiger partial charge is 0.457 e. The highest BCUT2D eigenvalue weighted by Crippen LogP contribution is 2.61. The van der Waals surface area contributed by atoms with Crippen LogP contribution < -0.4 is 10.1 Å². The van der Waals surface area contributed by atoms with Crippen LogP contribution in [0.25, 0.3) is 39.2 Å². The number of rotatable bonds is 5. The molecule has 56 heavy (non-hydrogen) atoms. The fraction of sp³-hybridized carbons (Fsp3) is 0.0385. The third-order valence-electron chi connectivity index (χ3n) is 11.4. The van der Waals surface area contributed by atoms with Gasteiger partial charge >= 0.3 is 0 Å². The Balaban J connectivity index is 0.967. The molecule has 1 spiro atoms. The number of aliphatic imine (C=N–C) groups is 1. The number of nitrogens with zero attached hydrogens (tertiary/aromatic N) is 2. The molecule has 0 saturated heterocycles. The molecule has 0 radical (unpaired) electrons. The first kappa shape index (κ1) is 32.2. The van der Waals surface area contributed by atoms with E-state index in [-0.39, 0.29) is 6.17 Å². The van der Waals surface area contributed by atoms with Crippen molar-refractivity contribution in [3.05, 3.63) is 239 Å². The van der Waals surface area contributed by atoms with Crippen LogP contribution in [0.3, 0.4) is 0 Å². The minimum absolute atomic E-state index is 0.219. The number of nitrogens with one attached hydrogen (secondary N) is 1. The average molecular weight is 718 g/mol. The van der Waals surface area contributed by atoms with E-state index in [0.717, 1.165) is 84.2 Å². The molecule has 264 valence electrons.